The van der Waals surface area contributed by atoms with Gasteiger partial charge in [0.05, 0.1) is 6.61 Å². The largest absolute Gasteiger partial charge is 0.461 e. The molecule has 0 fully saturated rings. The molecular formula is C11H14FNO2. The molecule has 0 unspecified atom stereocenters. The van der Waals surface area contributed by atoms with Crippen LogP contribution >= 0.6 is 0 Å². The molecule has 1 heterocycles. The first kappa shape index (κ1) is 11.6. The Kier molecular flexibility index (Phi) is 3.77. The third-order valence-electron chi connectivity index (χ3n) is 1.80. The SMILES string of the molecule is CC(C)(F)CCOC(=O)c1ccccn1. The minimum atomic E-state index is -1.32. The van der Waals surface area contributed by atoms with Gasteiger partial charge in [0, 0.05) is 12.6 Å². The van der Waals surface area contributed by atoms with Gasteiger partial charge >= 0.3 is 5.97 Å². The van der Waals surface area contributed by atoms with Crippen molar-refractivity contribution in [2.45, 2.75) is 25.9 Å². The quantitative estimate of drug-likeness (QED) is 0.718. The van der Waals surface area contributed by atoms with Crippen LogP contribution in [0.1, 0.15) is 30.8 Å². The van der Waals surface area contributed by atoms with Crippen molar-refractivity contribution < 1.29 is 13.9 Å². The maximum Gasteiger partial charge on any atom is 0.356 e. The topological polar surface area (TPSA) is 39.2 Å². The summed E-state index contributed by atoms with van der Waals surface area (Å²) in [6.45, 7) is 2.96. The summed E-state index contributed by atoms with van der Waals surface area (Å²) >= 11 is 0. The summed E-state index contributed by atoms with van der Waals surface area (Å²) in [5, 5.41) is 0. The lowest BCUT2D eigenvalue weighted by molar-refractivity contribution is 0.0426. The number of pyridine rings is 1. The molecule has 3 nitrogen and oxygen atoms in total. The molecule has 0 saturated carbocycles. The Labute approximate surface area is 88.3 Å². The van der Waals surface area contributed by atoms with E-state index in [1.807, 2.05) is 0 Å². The molecule has 0 spiro atoms. The van der Waals surface area contributed by atoms with Crippen LogP contribution in [0.3, 0.4) is 0 Å². The van der Waals surface area contributed by atoms with E-state index < -0.39 is 11.6 Å². The number of alkyl halides is 1. The fourth-order valence-electron chi connectivity index (χ4n) is 0.944. The Morgan fingerprint density at radius 2 is 2.27 bits per heavy atom. The highest BCUT2D eigenvalue weighted by Crippen LogP contribution is 2.13. The Morgan fingerprint density at radius 1 is 1.53 bits per heavy atom. The van der Waals surface area contributed by atoms with E-state index in [1.165, 1.54) is 20.0 Å². The summed E-state index contributed by atoms with van der Waals surface area (Å²) < 4.78 is 17.9. The van der Waals surface area contributed by atoms with Crippen LogP contribution in [0.2, 0.25) is 0 Å². The number of aromatic nitrogens is 1. The fraction of sp³-hybridized carbons (Fsp3) is 0.455. The highest BCUT2D eigenvalue weighted by atomic mass is 19.1. The van der Waals surface area contributed by atoms with Crippen molar-refractivity contribution >= 4 is 5.97 Å². The number of halogens is 1. The summed E-state index contributed by atoms with van der Waals surface area (Å²) in [5.41, 5.74) is -1.07. The molecule has 82 valence electrons. The highest BCUT2D eigenvalue weighted by molar-refractivity contribution is 5.87. The van der Waals surface area contributed by atoms with Gasteiger partial charge in [0.15, 0.2) is 0 Å². The van der Waals surface area contributed by atoms with Crippen LogP contribution < -0.4 is 0 Å². The van der Waals surface area contributed by atoms with Crippen LogP contribution in [0, 0.1) is 0 Å². The average Bonchev–Trinajstić information content (AvgIpc) is 2.17. The Hall–Kier alpha value is -1.45. The third-order valence-corrected chi connectivity index (χ3v) is 1.80. The van der Waals surface area contributed by atoms with Gasteiger partial charge in [-0.2, -0.15) is 0 Å². The van der Waals surface area contributed by atoms with Crippen molar-refractivity contribution in [3.8, 4) is 0 Å². The lowest BCUT2D eigenvalue weighted by Gasteiger charge is -2.13. The molecule has 1 rings (SSSR count). The predicted octanol–water partition coefficient (Wildman–Crippen LogP) is 2.38. The van der Waals surface area contributed by atoms with Crippen LogP contribution in [-0.2, 0) is 4.74 Å². The van der Waals surface area contributed by atoms with E-state index >= 15 is 0 Å². The summed E-state index contributed by atoms with van der Waals surface area (Å²) in [6.07, 6.45) is 1.70. The van der Waals surface area contributed by atoms with Crippen LogP contribution in [0.15, 0.2) is 24.4 Å². The molecule has 0 saturated heterocycles. The zero-order valence-corrected chi connectivity index (χ0v) is 8.87. The van der Waals surface area contributed by atoms with Crippen LogP contribution in [0.5, 0.6) is 0 Å². The Morgan fingerprint density at radius 3 is 2.80 bits per heavy atom. The number of nitrogens with zero attached hydrogens (tertiary/aromatic N) is 1. The first-order valence-electron chi connectivity index (χ1n) is 4.76. The van der Waals surface area contributed by atoms with E-state index in [0.29, 0.717) is 0 Å². The number of esters is 1. The molecule has 4 heteroatoms. The number of rotatable bonds is 4. The van der Waals surface area contributed by atoms with Gasteiger partial charge in [0.25, 0.3) is 0 Å². The van der Waals surface area contributed by atoms with Crippen molar-refractivity contribution in [3.05, 3.63) is 30.1 Å². The van der Waals surface area contributed by atoms with E-state index in [1.54, 1.807) is 18.2 Å². The van der Waals surface area contributed by atoms with Gasteiger partial charge < -0.3 is 4.74 Å². The number of carbonyl (C=O) groups excluding carboxylic acids is 1. The average molecular weight is 211 g/mol. The van der Waals surface area contributed by atoms with Crippen molar-refractivity contribution in [1.82, 2.24) is 4.98 Å². The van der Waals surface area contributed by atoms with Crippen molar-refractivity contribution in [2.75, 3.05) is 6.61 Å². The molecule has 0 bridgehead atoms. The predicted molar refractivity (Wildman–Crippen MR) is 54.3 cm³/mol. The number of ether oxygens (including phenoxy) is 1. The first-order valence-corrected chi connectivity index (χ1v) is 4.76. The lowest BCUT2D eigenvalue weighted by Crippen LogP contribution is -2.17. The van der Waals surface area contributed by atoms with E-state index in [0.717, 1.165) is 0 Å². The highest BCUT2D eigenvalue weighted by Gasteiger charge is 2.16. The maximum absolute atomic E-state index is 13.0. The van der Waals surface area contributed by atoms with Gasteiger partial charge in [0.1, 0.15) is 11.4 Å². The van der Waals surface area contributed by atoms with Crippen molar-refractivity contribution in [3.63, 3.8) is 0 Å². The monoisotopic (exact) mass is 211 g/mol. The summed E-state index contributed by atoms with van der Waals surface area (Å²) in [6, 6.07) is 4.97. The van der Waals surface area contributed by atoms with Crippen LogP contribution in [0.25, 0.3) is 0 Å². The van der Waals surface area contributed by atoms with Gasteiger partial charge in [-0.3, -0.25) is 0 Å². The van der Waals surface area contributed by atoms with Gasteiger partial charge in [0.2, 0.25) is 0 Å². The Balaban J connectivity index is 2.38. The molecule has 0 atom stereocenters. The molecule has 15 heavy (non-hydrogen) atoms. The summed E-state index contributed by atoms with van der Waals surface area (Å²) in [4.78, 5) is 15.1. The third kappa shape index (κ3) is 4.54. The zero-order valence-electron chi connectivity index (χ0n) is 8.87. The van der Waals surface area contributed by atoms with Gasteiger partial charge in [-0.1, -0.05) is 6.07 Å². The second-order valence-electron chi connectivity index (χ2n) is 3.82. The zero-order chi connectivity index (χ0) is 11.3. The number of carbonyl (C=O) groups is 1. The van der Waals surface area contributed by atoms with E-state index in [9.17, 15) is 9.18 Å². The Bertz CT molecular complexity index is 319. The van der Waals surface area contributed by atoms with Crippen LogP contribution in [0.4, 0.5) is 4.39 Å². The molecule has 0 radical (unpaired) electrons. The fourth-order valence-corrected chi connectivity index (χ4v) is 0.944. The minimum Gasteiger partial charge on any atom is -0.461 e. The standard InChI is InChI=1S/C11H14FNO2/c1-11(2,12)6-8-15-10(14)9-5-3-4-7-13-9/h3-5,7H,6,8H2,1-2H3. The van der Waals surface area contributed by atoms with E-state index in [2.05, 4.69) is 4.98 Å². The van der Waals surface area contributed by atoms with Gasteiger partial charge in [-0.05, 0) is 26.0 Å². The smallest absolute Gasteiger partial charge is 0.356 e. The first-order chi connectivity index (χ1) is 6.99. The van der Waals surface area contributed by atoms with Gasteiger partial charge in [-0.25, -0.2) is 14.2 Å². The number of hydrogen-bond donors (Lipinski definition) is 0. The lowest BCUT2D eigenvalue weighted by atomic mass is 10.1. The van der Waals surface area contributed by atoms with Gasteiger partial charge in [-0.15, -0.1) is 0 Å². The molecule has 0 aromatic carbocycles. The van der Waals surface area contributed by atoms with Crippen molar-refractivity contribution in [2.24, 2.45) is 0 Å². The molecule has 0 amide bonds. The summed E-state index contributed by atoms with van der Waals surface area (Å²) in [7, 11) is 0. The maximum atomic E-state index is 13.0. The molecule has 0 aliphatic carbocycles. The summed E-state index contributed by atoms with van der Waals surface area (Å²) in [5.74, 6) is -0.514. The van der Waals surface area contributed by atoms with Crippen LogP contribution in [-0.4, -0.2) is 23.2 Å². The molecule has 0 aliphatic heterocycles. The van der Waals surface area contributed by atoms with Crippen molar-refractivity contribution in [1.29, 1.82) is 0 Å². The van der Waals surface area contributed by atoms with E-state index in [4.69, 9.17) is 4.74 Å². The molecule has 0 aliphatic rings. The molecule has 1 aromatic rings. The second kappa shape index (κ2) is 4.87. The normalized spacial score (nSPS) is 11.1. The molecular weight excluding hydrogens is 197 g/mol. The minimum absolute atomic E-state index is 0.0684. The second-order valence-corrected chi connectivity index (χ2v) is 3.82. The number of hydrogen-bond acceptors (Lipinski definition) is 3. The molecule has 0 N–H and O–H groups in total. The van der Waals surface area contributed by atoms with E-state index in [-0.39, 0.29) is 18.7 Å². The molecule has 1 aromatic heterocycles.